The molecule has 0 amide bonds. The van der Waals surface area contributed by atoms with E-state index in [2.05, 4.69) is 20.7 Å². The van der Waals surface area contributed by atoms with Gasteiger partial charge in [-0.05, 0) is 34.1 Å². The molecule has 1 aromatic carbocycles. The fourth-order valence-electron chi connectivity index (χ4n) is 1.66. The van der Waals surface area contributed by atoms with Crippen LogP contribution in [0.4, 0.5) is 0 Å². The summed E-state index contributed by atoms with van der Waals surface area (Å²) in [4.78, 5) is 0.860. The largest absolute Gasteiger partial charge is 0.326 e. The second-order valence-corrected chi connectivity index (χ2v) is 8.53. The predicted octanol–water partition coefficient (Wildman–Crippen LogP) is 3.75. The van der Waals surface area contributed by atoms with E-state index in [1.54, 1.807) is 0 Å². The predicted molar refractivity (Wildman–Crippen MR) is 90.4 cm³/mol. The van der Waals surface area contributed by atoms with Crippen molar-refractivity contribution in [2.45, 2.75) is 18.0 Å². The molecule has 0 radical (unpaired) electrons. The number of sulfonamides is 1. The number of hydrogen-bond donors (Lipinski definition) is 2. The van der Waals surface area contributed by atoms with Crippen molar-refractivity contribution in [2.75, 3.05) is 0 Å². The van der Waals surface area contributed by atoms with Gasteiger partial charge in [-0.1, -0.05) is 23.2 Å². The lowest BCUT2D eigenvalue weighted by atomic mass is 10.2. The molecule has 0 aliphatic rings. The summed E-state index contributed by atoms with van der Waals surface area (Å²) < 4.78 is 28.1. The summed E-state index contributed by atoms with van der Waals surface area (Å²) in [6.07, 6.45) is 0. The standard InChI is InChI=1S/C12H11BrCl2N2O2S2/c13-7-3-8(20-6-7)5-17-21(18,19)11-2-1-10(14)9(4-16)12(11)15/h1-3,6,17H,4-5,16H2. The Hall–Kier alpha value is -0.150. The van der Waals surface area contributed by atoms with Crippen molar-refractivity contribution in [2.24, 2.45) is 5.73 Å². The van der Waals surface area contributed by atoms with E-state index in [9.17, 15) is 8.42 Å². The van der Waals surface area contributed by atoms with Crippen LogP contribution in [0.5, 0.6) is 0 Å². The molecule has 114 valence electrons. The van der Waals surface area contributed by atoms with Crippen LogP contribution < -0.4 is 10.5 Å². The number of rotatable bonds is 5. The van der Waals surface area contributed by atoms with Gasteiger partial charge in [0.2, 0.25) is 10.0 Å². The third-order valence-corrected chi connectivity index (χ3v) is 6.74. The molecule has 4 nitrogen and oxygen atoms in total. The zero-order chi connectivity index (χ0) is 15.6. The van der Waals surface area contributed by atoms with E-state index in [4.69, 9.17) is 28.9 Å². The molecular formula is C12H11BrCl2N2O2S2. The summed E-state index contributed by atoms with van der Waals surface area (Å²) >= 11 is 16.8. The maximum Gasteiger partial charge on any atom is 0.242 e. The number of hydrogen-bond acceptors (Lipinski definition) is 4. The molecule has 1 aromatic heterocycles. The van der Waals surface area contributed by atoms with Gasteiger partial charge in [0, 0.05) is 38.4 Å². The fourth-order valence-corrected chi connectivity index (χ4v) is 5.08. The van der Waals surface area contributed by atoms with Crippen molar-refractivity contribution in [3.05, 3.63) is 48.5 Å². The van der Waals surface area contributed by atoms with Gasteiger partial charge in [-0.25, -0.2) is 13.1 Å². The van der Waals surface area contributed by atoms with Crippen LogP contribution >= 0.6 is 50.5 Å². The minimum atomic E-state index is -3.73. The molecule has 3 N–H and O–H groups in total. The van der Waals surface area contributed by atoms with Gasteiger partial charge in [-0.3, -0.25) is 0 Å². The van der Waals surface area contributed by atoms with Crippen LogP contribution in [0.25, 0.3) is 0 Å². The summed E-state index contributed by atoms with van der Waals surface area (Å²) in [5.74, 6) is 0. The number of benzene rings is 1. The van der Waals surface area contributed by atoms with Crippen molar-refractivity contribution < 1.29 is 8.42 Å². The molecule has 9 heteroatoms. The van der Waals surface area contributed by atoms with Crippen LogP contribution in [-0.4, -0.2) is 8.42 Å². The number of nitrogens with one attached hydrogen (secondary N) is 1. The Morgan fingerprint density at radius 3 is 2.62 bits per heavy atom. The molecule has 0 saturated heterocycles. The first-order chi connectivity index (χ1) is 9.85. The highest BCUT2D eigenvalue weighted by molar-refractivity contribution is 9.10. The molecule has 0 atom stereocenters. The van der Waals surface area contributed by atoms with E-state index in [-0.39, 0.29) is 23.0 Å². The Morgan fingerprint density at radius 1 is 1.33 bits per heavy atom. The van der Waals surface area contributed by atoms with Crippen LogP contribution in [0.1, 0.15) is 10.4 Å². The van der Waals surface area contributed by atoms with E-state index < -0.39 is 10.0 Å². The summed E-state index contributed by atoms with van der Waals surface area (Å²) in [7, 11) is -3.73. The van der Waals surface area contributed by atoms with Gasteiger partial charge in [-0.15, -0.1) is 11.3 Å². The lowest BCUT2D eigenvalue weighted by Gasteiger charge is -2.11. The summed E-state index contributed by atoms with van der Waals surface area (Å²) in [5.41, 5.74) is 5.96. The summed E-state index contributed by atoms with van der Waals surface area (Å²) in [6.45, 7) is 0.258. The highest BCUT2D eigenvalue weighted by Gasteiger charge is 2.21. The molecule has 1 heterocycles. The maximum atomic E-state index is 12.3. The first-order valence-corrected chi connectivity index (χ1v) is 9.66. The lowest BCUT2D eigenvalue weighted by molar-refractivity contribution is 0.581. The summed E-state index contributed by atoms with van der Waals surface area (Å²) in [6, 6.07) is 4.70. The van der Waals surface area contributed by atoms with Crippen molar-refractivity contribution in [1.29, 1.82) is 0 Å². The van der Waals surface area contributed by atoms with E-state index >= 15 is 0 Å². The lowest BCUT2D eigenvalue weighted by Crippen LogP contribution is -2.23. The first kappa shape index (κ1) is 17.2. The molecule has 0 spiro atoms. The van der Waals surface area contributed by atoms with Crippen LogP contribution in [0.15, 0.2) is 32.9 Å². The number of thiophene rings is 1. The number of halogens is 3. The Labute approximate surface area is 145 Å². The van der Waals surface area contributed by atoms with Gasteiger partial charge in [0.1, 0.15) is 4.90 Å². The first-order valence-electron chi connectivity index (χ1n) is 5.74. The second kappa shape index (κ2) is 6.95. The molecule has 2 rings (SSSR count). The van der Waals surface area contributed by atoms with E-state index in [1.807, 2.05) is 11.4 Å². The third-order valence-electron chi connectivity index (χ3n) is 2.70. The van der Waals surface area contributed by atoms with Crippen LogP contribution in [0.3, 0.4) is 0 Å². The van der Waals surface area contributed by atoms with Crippen molar-refractivity contribution in [3.63, 3.8) is 0 Å². The molecule has 0 aliphatic carbocycles. The Kier molecular flexibility index (Phi) is 5.70. The van der Waals surface area contributed by atoms with E-state index in [0.717, 1.165) is 9.35 Å². The van der Waals surface area contributed by atoms with Crippen molar-refractivity contribution in [3.8, 4) is 0 Å². The average molecular weight is 430 g/mol. The summed E-state index contributed by atoms with van der Waals surface area (Å²) in [5, 5.41) is 2.29. The molecule has 21 heavy (non-hydrogen) atoms. The topological polar surface area (TPSA) is 72.2 Å². The van der Waals surface area contributed by atoms with Crippen molar-refractivity contribution >= 4 is 60.5 Å². The molecule has 2 aromatic rings. The minimum Gasteiger partial charge on any atom is -0.326 e. The normalized spacial score (nSPS) is 11.8. The highest BCUT2D eigenvalue weighted by Crippen LogP contribution is 2.31. The van der Waals surface area contributed by atoms with Gasteiger partial charge in [0.25, 0.3) is 0 Å². The molecule has 0 bridgehead atoms. The highest BCUT2D eigenvalue weighted by atomic mass is 79.9. The van der Waals surface area contributed by atoms with Crippen LogP contribution in [-0.2, 0) is 23.1 Å². The molecule has 0 saturated carbocycles. The average Bonchev–Trinajstić information content (AvgIpc) is 2.83. The minimum absolute atomic E-state index is 0.0235. The Balaban J connectivity index is 2.27. The molecule has 0 fully saturated rings. The second-order valence-electron chi connectivity index (χ2n) is 4.10. The smallest absolute Gasteiger partial charge is 0.242 e. The SMILES string of the molecule is NCc1c(Cl)ccc(S(=O)(=O)NCc2cc(Br)cs2)c1Cl. The fraction of sp³-hybridized carbons (Fsp3) is 0.167. The van der Waals surface area contributed by atoms with Gasteiger partial charge in [0.15, 0.2) is 0 Å². The molecular weight excluding hydrogens is 419 g/mol. The zero-order valence-electron chi connectivity index (χ0n) is 10.6. The molecule has 0 unspecified atom stereocenters. The Bertz CT molecular complexity index is 763. The number of nitrogens with two attached hydrogens (primary N) is 1. The van der Waals surface area contributed by atoms with E-state index in [0.29, 0.717) is 10.6 Å². The van der Waals surface area contributed by atoms with Gasteiger partial charge < -0.3 is 5.73 Å². The van der Waals surface area contributed by atoms with E-state index in [1.165, 1.54) is 23.5 Å². The van der Waals surface area contributed by atoms with Crippen LogP contribution in [0.2, 0.25) is 10.0 Å². The van der Waals surface area contributed by atoms with Gasteiger partial charge in [-0.2, -0.15) is 0 Å². The van der Waals surface area contributed by atoms with Crippen LogP contribution in [0, 0.1) is 0 Å². The zero-order valence-corrected chi connectivity index (χ0v) is 15.3. The molecule has 0 aliphatic heterocycles. The monoisotopic (exact) mass is 428 g/mol. The Morgan fingerprint density at radius 2 is 2.05 bits per heavy atom. The maximum absolute atomic E-state index is 12.3. The van der Waals surface area contributed by atoms with Crippen molar-refractivity contribution in [1.82, 2.24) is 4.72 Å². The third kappa shape index (κ3) is 3.98. The van der Waals surface area contributed by atoms with Gasteiger partial charge >= 0.3 is 0 Å². The van der Waals surface area contributed by atoms with Gasteiger partial charge in [0.05, 0.1) is 5.02 Å². The quantitative estimate of drug-likeness (QED) is 0.759.